The van der Waals surface area contributed by atoms with Crippen molar-refractivity contribution in [3.8, 4) is 0 Å². The van der Waals surface area contributed by atoms with Crippen LogP contribution in [-0.4, -0.2) is 12.0 Å². The molecule has 0 radical (unpaired) electrons. The van der Waals surface area contributed by atoms with E-state index < -0.39 is 0 Å². The average molecular weight is 261 g/mol. The number of hydrogen-bond acceptors (Lipinski definition) is 2. The smallest absolute Gasteiger partial charge is 0.0592 e. The monoisotopic (exact) mass is 260 g/mol. The van der Waals surface area contributed by atoms with E-state index in [1.807, 2.05) is 44.4 Å². The zero-order valence-electron chi connectivity index (χ0n) is 10.9. The first-order valence-electron chi connectivity index (χ1n) is 5.97. The van der Waals surface area contributed by atoms with E-state index in [-0.39, 0.29) is 6.04 Å². The van der Waals surface area contributed by atoms with E-state index in [9.17, 15) is 0 Å². The minimum absolute atomic E-state index is 0.122. The van der Waals surface area contributed by atoms with Crippen molar-refractivity contribution in [2.24, 2.45) is 0 Å². The molecule has 1 heterocycles. The van der Waals surface area contributed by atoms with Crippen LogP contribution in [0, 0.1) is 13.8 Å². The van der Waals surface area contributed by atoms with Crippen molar-refractivity contribution >= 4 is 11.6 Å². The largest absolute Gasteiger partial charge is 0.309 e. The van der Waals surface area contributed by atoms with Crippen LogP contribution in [0.2, 0.25) is 5.02 Å². The number of rotatable bonds is 3. The Labute approximate surface area is 113 Å². The number of benzene rings is 1. The zero-order valence-corrected chi connectivity index (χ0v) is 11.6. The van der Waals surface area contributed by atoms with Gasteiger partial charge in [0.25, 0.3) is 0 Å². The molecule has 1 atom stereocenters. The topological polar surface area (TPSA) is 24.9 Å². The lowest BCUT2D eigenvalue weighted by Gasteiger charge is -2.19. The molecule has 94 valence electrons. The van der Waals surface area contributed by atoms with Gasteiger partial charge >= 0.3 is 0 Å². The van der Waals surface area contributed by atoms with Crippen LogP contribution in [0.4, 0.5) is 0 Å². The van der Waals surface area contributed by atoms with Crippen molar-refractivity contribution in [1.29, 1.82) is 0 Å². The second kappa shape index (κ2) is 5.51. The second-order valence-corrected chi connectivity index (χ2v) is 4.89. The molecule has 2 rings (SSSR count). The van der Waals surface area contributed by atoms with Gasteiger partial charge in [-0.05, 0) is 55.8 Å². The summed E-state index contributed by atoms with van der Waals surface area (Å²) in [6.45, 7) is 4.08. The first-order chi connectivity index (χ1) is 8.61. The molecule has 0 amide bonds. The van der Waals surface area contributed by atoms with E-state index in [1.165, 1.54) is 11.1 Å². The Hall–Kier alpha value is -1.38. The Balaban J connectivity index is 2.44. The fourth-order valence-electron chi connectivity index (χ4n) is 2.07. The molecule has 1 N–H and O–H groups in total. The number of aryl methyl sites for hydroxylation is 2. The van der Waals surface area contributed by atoms with Gasteiger partial charge in [0.1, 0.15) is 0 Å². The minimum Gasteiger partial charge on any atom is -0.309 e. The quantitative estimate of drug-likeness (QED) is 0.911. The SMILES string of the molecule is CNC(c1ccc(C)nc1)c1cc(Cl)ccc1C. The number of nitrogens with zero attached hydrogens (tertiary/aromatic N) is 1. The molecule has 0 aliphatic heterocycles. The number of nitrogens with one attached hydrogen (secondary N) is 1. The van der Waals surface area contributed by atoms with Gasteiger partial charge in [0.05, 0.1) is 6.04 Å². The Kier molecular flexibility index (Phi) is 4.00. The Morgan fingerprint density at radius 1 is 1.17 bits per heavy atom. The highest BCUT2D eigenvalue weighted by atomic mass is 35.5. The Morgan fingerprint density at radius 3 is 2.56 bits per heavy atom. The maximum atomic E-state index is 6.09. The normalized spacial score (nSPS) is 12.4. The predicted octanol–water partition coefficient (Wildman–Crippen LogP) is 3.66. The summed E-state index contributed by atoms with van der Waals surface area (Å²) in [6, 6.07) is 10.2. The van der Waals surface area contributed by atoms with E-state index in [1.54, 1.807) is 0 Å². The van der Waals surface area contributed by atoms with E-state index in [4.69, 9.17) is 11.6 Å². The molecule has 3 heteroatoms. The third-order valence-corrected chi connectivity index (χ3v) is 3.34. The number of hydrogen-bond donors (Lipinski definition) is 1. The summed E-state index contributed by atoms with van der Waals surface area (Å²) < 4.78 is 0. The third kappa shape index (κ3) is 2.71. The van der Waals surface area contributed by atoms with Crippen molar-refractivity contribution in [1.82, 2.24) is 10.3 Å². The first-order valence-corrected chi connectivity index (χ1v) is 6.35. The minimum atomic E-state index is 0.122. The fraction of sp³-hybridized carbons (Fsp3) is 0.267. The molecule has 1 aromatic heterocycles. The number of halogens is 1. The lowest BCUT2D eigenvalue weighted by atomic mass is 9.96. The van der Waals surface area contributed by atoms with Crippen LogP contribution in [0.1, 0.15) is 28.4 Å². The van der Waals surface area contributed by atoms with Crippen molar-refractivity contribution in [3.63, 3.8) is 0 Å². The van der Waals surface area contributed by atoms with Crippen molar-refractivity contribution in [2.45, 2.75) is 19.9 Å². The summed E-state index contributed by atoms with van der Waals surface area (Å²) in [6.07, 6.45) is 1.91. The summed E-state index contributed by atoms with van der Waals surface area (Å²) in [7, 11) is 1.95. The highest BCUT2D eigenvalue weighted by Crippen LogP contribution is 2.26. The third-order valence-electron chi connectivity index (χ3n) is 3.11. The second-order valence-electron chi connectivity index (χ2n) is 4.46. The van der Waals surface area contributed by atoms with Gasteiger partial charge in [-0.25, -0.2) is 0 Å². The standard InChI is InChI=1S/C15H17ClN2/c1-10-4-7-13(16)8-14(10)15(17-3)12-6-5-11(2)18-9-12/h4-9,15,17H,1-3H3. The van der Waals surface area contributed by atoms with Crippen LogP contribution < -0.4 is 5.32 Å². The summed E-state index contributed by atoms with van der Waals surface area (Å²) in [5.41, 5.74) is 4.58. The van der Waals surface area contributed by atoms with Crippen molar-refractivity contribution in [2.75, 3.05) is 7.05 Å². The lowest BCUT2D eigenvalue weighted by Crippen LogP contribution is -2.19. The van der Waals surface area contributed by atoms with E-state index in [0.29, 0.717) is 0 Å². The van der Waals surface area contributed by atoms with Crippen LogP contribution in [0.5, 0.6) is 0 Å². The number of aromatic nitrogens is 1. The molecule has 1 aromatic carbocycles. The maximum Gasteiger partial charge on any atom is 0.0592 e. The summed E-state index contributed by atoms with van der Waals surface area (Å²) >= 11 is 6.09. The molecule has 2 aromatic rings. The number of pyridine rings is 1. The van der Waals surface area contributed by atoms with E-state index in [2.05, 4.69) is 23.3 Å². The van der Waals surface area contributed by atoms with Crippen LogP contribution in [0.3, 0.4) is 0 Å². The van der Waals surface area contributed by atoms with Crippen LogP contribution in [0.15, 0.2) is 36.5 Å². The highest BCUT2D eigenvalue weighted by molar-refractivity contribution is 6.30. The average Bonchev–Trinajstić information content (AvgIpc) is 2.37. The van der Waals surface area contributed by atoms with Crippen LogP contribution in [-0.2, 0) is 0 Å². The molecule has 18 heavy (non-hydrogen) atoms. The van der Waals surface area contributed by atoms with E-state index >= 15 is 0 Å². The van der Waals surface area contributed by atoms with Crippen LogP contribution in [0.25, 0.3) is 0 Å². The molecule has 1 unspecified atom stereocenters. The zero-order chi connectivity index (χ0) is 13.1. The van der Waals surface area contributed by atoms with Crippen molar-refractivity contribution in [3.05, 3.63) is 63.9 Å². The molecule has 0 bridgehead atoms. The fourth-order valence-corrected chi connectivity index (χ4v) is 2.25. The van der Waals surface area contributed by atoms with Gasteiger partial charge in [-0.1, -0.05) is 23.7 Å². The van der Waals surface area contributed by atoms with E-state index in [0.717, 1.165) is 16.3 Å². The van der Waals surface area contributed by atoms with Gasteiger partial charge in [-0.2, -0.15) is 0 Å². The lowest BCUT2D eigenvalue weighted by molar-refractivity contribution is 0.684. The maximum absolute atomic E-state index is 6.09. The molecule has 0 aliphatic carbocycles. The Morgan fingerprint density at radius 2 is 1.94 bits per heavy atom. The van der Waals surface area contributed by atoms with Gasteiger partial charge in [-0.15, -0.1) is 0 Å². The van der Waals surface area contributed by atoms with Gasteiger partial charge in [-0.3, -0.25) is 4.98 Å². The molecule has 2 nitrogen and oxygen atoms in total. The molecular weight excluding hydrogens is 244 g/mol. The molecule has 0 saturated carbocycles. The molecular formula is C15H17ClN2. The Bertz CT molecular complexity index is 535. The van der Waals surface area contributed by atoms with Gasteiger partial charge in [0, 0.05) is 16.9 Å². The highest BCUT2D eigenvalue weighted by Gasteiger charge is 2.14. The first kappa shape index (κ1) is 13.1. The summed E-state index contributed by atoms with van der Waals surface area (Å²) in [5, 5.41) is 4.08. The molecule has 0 fully saturated rings. The predicted molar refractivity (Wildman–Crippen MR) is 76.1 cm³/mol. The molecule has 0 saturated heterocycles. The van der Waals surface area contributed by atoms with Gasteiger partial charge in [0.15, 0.2) is 0 Å². The summed E-state index contributed by atoms with van der Waals surface area (Å²) in [4.78, 5) is 4.35. The van der Waals surface area contributed by atoms with Crippen molar-refractivity contribution < 1.29 is 0 Å². The molecule has 0 aliphatic rings. The van der Waals surface area contributed by atoms with Crippen LogP contribution >= 0.6 is 11.6 Å². The van der Waals surface area contributed by atoms with Gasteiger partial charge < -0.3 is 5.32 Å². The summed E-state index contributed by atoms with van der Waals surface area (Å²) in [5.74, 6) is 0. The molecule has 0 spiro atoms. The van der Waals surface area contributed by atoms with Gasteiger partial charge in [0.2, 0.25) is 0 Å².